The van der Waals surface area contributed by atoms with E-state index in [4.69, 9.17) is 4.74 Å². The monoisotopic (exact) mass is 379 g/mol. The Balaban J connectivity index is 1.86. The van der Waals surface area contributed by atoms with Crippen molar-refractivity contribution in [2.24, 2.45) is 5.10 Å². The number of hydrogen-bond acceptors (Lipinski definition) is 4. The van der Waals surface area contributed by atoms with Gasteiger partial charge in [-0.1, -0.05) is 15.9 Å². The van der Waals surface area contributed by atoms with E-state index in [2.05, 4.69) is 31.8 Å². The fourth-order valence-electron chi connectivity index (χ4n) is 1.77. The van der Waals surface area contributed by atoms with Crippen molar-refractivity contribution < 1.29 is 13.9 Å². The number of amides is 1. The largest absolute Gasteiger partial charge is 0.496 e. The summed E-state index contributed by atoms with van der Waals surface area (Å²) in [5.41, 5.74) is 3.79. The van der Waals surface area contributed by atoms with Crippen molar-refractivity contribution in [3.63, 3.8) is 0 Å². The number of anilines is 1. The van der Waals surface area contributed by atoms with Gasteiger partial charge in [0.15, 0.2) is 0 Å². The van der Waals surface area contributed by atoms with Gasteiger partial charge in [-0.2, -0.15) is 5.10 Å². The summed E-state index contributed by atoms with van der Waals surface area (Å²) in [6.45, 7) is 0.0264. The lowest BCUT2D eigenvalue weighted by Crippen LogP contribution is -2.25. The van der Waals surface area contributed by atoms with E-state index in [-0.39, 0.29) is 18.3 Å². The molecule has 0 aromatic heterocycles. The Bertz CT molecular complexity index is 705. The first kappa shape index (κ1) is 17.0. The van der Waals surface area contributed by atoms with Crippen molar-refractivity contribution in [2.75, 3.05) is 19.0 Å². The van der Waals surface area contributed by atoms with Gasteiger partial charge in [-0.3, -0.25) is 4.79 Å². The standard InChI is InChI=1S/C16H15BrFN3O2/c1-23-15-7-2-12(17)8-11(15)9-20-21-16(22)10-19-14-5-3-13(18)4-6-14/h2-9,19H,10H2,1H3,(H,21,22)/b20-9-. The topological polar surface area (TPSA) is 62.7 Å². The van der Waals surface area contributed by atoms with E-state index < -0.39 is 0 Å². The first-order valence-corrected chi connectivity index (χ1v) is 7.52. The molecular formula is C16H15BrFN3O2. The third kappa shape index (κ3) is 5.37. The molecule has 0 aliphatic rings. The molecule has 0 bridgehead atoms. The van der Waals surface area contributed by atoms with E-state index in [1.807, 2.05) is 12.1 Å². The third-order valence-electron chi connectivity index (χ3n) is 2.88. The minimum absolute atomic E-state index is 0.0264. The highest BCUT2D eigenvalue weighted by Crippen LogP contribution is 2.21. The normalized spacial score (nSPS) is 10.6. The summed E-state index contributed by atoms with van der Waals surface area (Å²) in [6.07, 6.45) is 1.50. The molecule has 0 radical (unpaired) electrons. The smallest absolute Gasteiger partial charge is 0.259 e. The van der Waals surface area contributed by atoms with Gasteiger partial charge in [0.2, 0.25) is 0 Å². The first-order chi connectivity index (χ1) is 11.1. The van der Waals surface area contributed by atoms with Crippen LogP contribution in [0.3, 0.4) is 0 Å². The fraction of sp³-hybridized carbons (Fsp3) is 0.125. The Morgan fingerprint density at radius 3 is 2.74 bits per heavy atom. The molecule has 2 rings (SSSR count). The number of ether oxygens (including phenoxy) is 1. The van der Waals surface area contributed by atoms with Crippen LogP contribution in [0.15, 0.2) is 52.0 Å². The van der Waals surface area contributed by atoms with Crippen LogP contribution >= 0.6 is 15.9 Å². The first-order valence-electron chi connectivity index (χ1n) is 6.73. The number of benzene rings is 2. The average Bonchev–Trinajstić information content (AvgIpc) is 2.54. The molecule has 0 saturated heterocycles. The lowest BCUT2D eigenvalue weighted by Gasteiger charge is -2.06. The Morgan fingerprint density at radius 1 is 1.30 bits per heavy atom. The highest BCUT2D eigenvalue weighted by atomic mass is 79.9. The van der Waals surface area contributed by atoms with E-state index in [0.29, 0.717) is 11.4 Å². The molecule has 0 unspecified atom stereocenters. The number of methoxy groups -OCH3 is 1. The molecule has 2 N–H and O–H groups in total. The van der Waals surface area contributed by atoms with Crippen LogP contribution in [0, 0.1) is 5.82 Å². The van der Waals surface area contributed by atoms with Gasteiger partial charge < -0.3 is 10.1 Å². The summed E-state index contributed by atoms with van der Waals surface area (Å²) in [6, 6.07) is 11.2. The number of halogens is 2. The molecular weight excluding hydrogens is 365 g/mol. The summed E-state index contributed by atoms with van der Waals surface area (Å²) >= 11 is 3.36. The lowest BCUT2D eigenvalue weighted by atomic mass is 10.2. The highest BCUT2D eigenvalue weighted by Gasteiger charge is 2.02. The summed E-state index contributed by atoms with van der Waals surface area (Å²) in [5, 5.41) is 6.76. The van der Waals surface area contributed by atoms with Crippen LogP contribution in [0.4, 0.5) is 10.1 Å². The van der Waals surface area contributed by atoms with E-state index >= 15 is 0 Å². The number of hydrogen-bond donors (Lipinski definition) is 2. The summed E-state index contributed by atoms with van der Waals surface area (Å²) in [5.74, 6) is 0.00254. The Morgan fingerprint density at radius 2 is 2.04 bits per heavy atom. The van der Waals surface area contributed by atoms with Crippen LogP contribution < -0.4 is 15.5 Å². The van der Waals surface area contributed by atoms with Crippen molar-refractivity contribution in [3.05, 3.63) is 58.3 Å². The maximum absolute atomic E-state index is 12.8. The van der Waals surface area contributed by atoms with Crippen LogP contribution in [0.25, 0.3) is 0 Å². The zero-order chi connectivity index (χ0) is 16.7. The van der Waals surface area contributed by atoms with Gasteiger partial charge in [0.25, 0.3) is 5.91 Å². The minimum Gasteiger partial charge on any atom is -0.496 e. The van der Waals surface area contributed by atoms with Crippen molar-refractivity contribution in [1.29, 1.82) is 0 Å². The number of nitrogens with one attached hydrogen (secondary N) is 2. The molecule has 2 aromatic rings. The predicted octanol–water partition coefficient (Wildman–Crippen LogP) is 3.16. The number of nitrogens with zero attached hydrogens (tertiary/aromatic N) is 1. The summed E-state index contributed by atoms with van der Waals surface area (Å²) in [4.78, 5) is 11.7. The molecule has 0 heterocycles. The second-order valence-corrected chi connectivity index (χ2v) is 5.46. The predicted molar refractivity (Wildman–Crippen MR) is 91.3 cm³/mol. The third-order valence-corrected chi connectivity index (χ3v) is 3.38. The zero-order valence-electron chi connectivity index (χ0n) is 12.3. The van der Waals surface area contributed by atoms with E-state index in [9.17, 15) is 9.18 Å². The molecule has 0 aliphatic heterocycles. The molecule has 2 aromatic carbocycles. The van der Waals surface area contributed by atoms with Crippen LogP contribution in [0.2, 0.25) is 0 Å². The van der Waals surface area contributed by atoms with Crippen molar-refractivity contribution in [1.82, 2.24) is 5.43 Å². The second-order valence-electron chi connectivity index (χ2n) is 4.54. The second kappa shape index (κ2) is 8.28. The molecule has 23 heavy (non-hydrogen) atoms. The summed E-state index contributed by atoms with van der Waals surface area (Å²) < 4.78 is 18.8. The quantitative estimate of drug-likeness (QED) is 0.598. The van der Waals surface area contributed by atoms with Gasteiger partial charge in [-0.05, 0) is 42.5 Å². The highest BCUT2D eigenvalue weighted by molar-refractivity contribution is 9.10. The molecule has 5 nitrogen and oxygen atoms in total. The van der Waals surface area contributed by atoms with Crippen LogP contribution in [-0.4, -0.2) is 25.8 Å². The van der Waals surface area contributed by atoms with Gasteiger partial charge in [-0.15, -0.1) is 0 Å². The molecule has 0 aliphatic carbocycles. The molecule has 0 saturated carbocycles. The average molecular weight is 380 g/mol. The van der Waals surface area contributed by atoms with Gasteiger partial charge in [0.05, 0.1) is 19.9 Å². The van der Waals surface area contributed by atoms with Crippen LogP contribution in [0.5, 0.6) is 5.75 Å². The molecule has 7 heteroatoms. The van der Waals surface area contributed by atoms with Crippen LogP contribution in [0.1, 0.15) is 5.56 Å². The fourth-order valence-corrected chi connectivity index (χ4v) is 2.15. The van der Waals surface area contributed by atoms with Gasteiger partial charge >= 0.3 is 0 Å². The Kier molecular flexibility index (Phi) is 6.10. The Hall–Kier alpha value is -2.41. The van der Waals surface area contributed by atoms with Crippen molar-refractivity contribution >= 4 is 33.7 Å². The van der Waals surface area contributed by atoms with Gasteiger partial charge in [0, 0.05) is 15.7 Å². The number of carbonyl (C=O) groups is 1. The SMILES string of the molecule is COc1ccc(Br)cc1/C=N\NC(=O)CNc1ccc(F)cc1. The van der Waals surface area contributed by atoms with E-state index in [1.54, 1.807) is 25.3 Å². The Labute approximate surface area is 141 Å². The number of rotatable bonds is 6. The van der Waals surface area contributed by atoms with Gasteiger partial charge in [0.1, 0.15) is 11.6 Å². The van der Waals surface area contributed by atoms with Crippen LogP contribution in [-0.2, 0) is 4.79 Å². The molecule has 1 amide bonds. The van der Waals surface area contributed by atoms with Crippen molar-refractivity contribution in [3.8, 4) is 5.75 Å². The maximum atomic E-state index is 12.8. The van der Waals surface area contributed by atoms with E-state index in [0.717, 1.165) is 10.0 Å². The lowest BCUT2D eigenvalue weighted by molar-refractivity contribution is -0.119. The molecule has 0 fully saturated rings. The maximum Gasteiger partial charge on any atom is 0.259 e. The minimum atomic E-state index is -0.326. The number of carbonyl (C=O) groups excluding carboxylic acids is 1. The molecule has 120 valence electrons. The zero-order valence-corrected chi connectivity index (χ0v) is 13.9. The molecule has 0 atom stereocenters. The summed E-state index contributed by atoms with van der Waals surface area (Å²) in [7, 11) is 1.56. The number of hydrazone groups is 1. The molecule has 0 spiro atoms. The van der Waals surface area contributed by atoms with Gasteiger partial charge in [-0.25, -0.2) is 9.82 Å². The van der Waals surface area contributed by atoms with Crippen molar-refractivity contribution in [2.45, 2.75) is 0 Å². The van der Waals surface area contributed by atoms with E-state index in [1.165, 1.54) is 18.3 Å².